The van der Waals surface area contributed by atoms with E-state index in [1.54, 1.807) is 0 Å². The third-order valence-corrected chi connectivity index (χ3v) is 5.33. The van der Waals surface area contributed by atoms with Crippen LogP contribution in [-0.4, -0.2) is 54.6 Å². The van der Waals surface area contributed by atoms with Gasteiger partial charge < -0.3 is 19.3 Å². The highest BCUT2D eigenvalue weighted by Gasteiger charge is 2.19. The molecule has 1 heterocycles. The Balaban J connectivity index is 1.71. The summed E-state index contributed by atoms with van der Waals surface area (Å²) in [6.07, 6.45) is 0. The highest BCUT2D eigenvalue weighted by atomic mass is 35.5. The van der Waals surface area contributed by atoms with Crippen LogP contribution in [0.3, 0.4) is 0 Å². The van der Waals surface area contributed by atoms with Gasteiger partial charge in [-0.1, -0.05) is 36.0 Å². The molecule has 27 heavy (non-hydrogen) atoms. The van der Waals surface area contributed by atoms with Crippen molar-refractivity contribution in [1.82, 2.24) is 9.80 Å². The number of hydrogen-bond acceptors (Lipinski definition) is 4. The molecule has 0 spiro atoms. The second-order valence-corrected chi connectivity index (χ2v) is 7.43. The minimum atomic E-state index is 0.458. The van der Waals surface area contributed by atoms with Crippen molar-refractivity contribution in [2.24, 2.45) is 0 Å². The maximum absolute atomic E-state index is 5.98. The summed E-state index contributed by atoms with van der Waals surface area (Å²) in [4.78, 5) is 5.45. The van der Waals surface area contributed by atoms with Crippen LogP contribution < -0.4 is 9.47 Å². The Bertz CT molecular complexity index is 774. The van der Waals surface area contributed by atoms with Crippen molar-refractivity contribution in [1.29, 1.82) is 0 Å². The van der Waals surface area contributed by atoms with Crippen LogP contribution in [0.25, 0.3) is 0 Å². The third kappa shape index (κ3) is 5.34. The van der Waals surface area contributed by atoms with Gasteiger partial charge in [-0.3, -0.25) is 0 Å². The normalized spacial score (nSPS) is 14.9. The Morgan fingerprint density at radius 2 is 1.70 bits per heavy atom. The fraction of sp³-hybridized carbons (Fsp3) is 0.381. The van der Waals surface area contributed by atoms with Gasteiger partial charge in [0.2, 0.25) is 0 Å². The lowest BCUT2D eigenvalue weighted by molar-refractivity contribution is 0.218. The Hall–Kier alpha value is -1.82. The SMILES string of the molecule is CCOc1cc(C(=S)N2CCN(C)CC2)ccc1OCc1ccc(Cl)cc1. The average Bonchev–Trinajstić information content (AvgIpc) is 2.68. The molecule has 0 radical (unpaired) electrons. The monoisotopic (exact) mass is 404 g/mol. The number of benzene rings is 2. The third-order valence-electron chi connectivity index (χ3n) is 4.59. The average molecular weight is 405 g/mol. The molecule has 0 N–H and O–H groups in total. The molecule has 0 atom stereocenters. The van der Waals surface area contributed by atoms with Crippen molar-refractivity contribution < 1.29 is 9.47 Å². The van der Waals surface area contributed by atoms with E-state index in [2.05, 4.69) is 16.8 Å². The standard InChI is InChI=1S/C21H25ClN2O2S/c1-3-25-20-14-17(21(27)24-12-10-23(2)11-13-24)6-9-19(20)26-15-16-4-7-18(22)8-5-16/h4-9,14H,3,10-13,15H2,1-2H3. The highest BCUT2D eigenvalue weighted by Crippen LogP contribution is 2.30. The van der Waals surface area contributed by atoms with Crippen molar-refractivity contribution in [3.8, 4) is 11.5 Å². The number of likely N-dealkylation sites (N-methyl/N-ethyl adjacent to an activating group) is 1. The first-order valence-electron chi connectivity index (χ1n) is 9.18. The fourth-order valence-corrected chi connectivity index (χ4v) is 3.40. The molecule has 2 aromatic carbocycles. The van der Waals surface area contributed by atoms with Crippen molar-refractivity contribution in [3.05, 3.63) is 58.6 Å². The first kappa shape index (κ1) is 19.9. The van der Waals surface area contributed by atoms with Crippen molar-refractivity contribution in [2.45, 2.75) is 13.5 Å². The van der Waals surface area contributed by atoms with Gasteiger partial charge in [-0.2, -0.15) is 0 Å². The van der Waals surface area contributed by atoms with E-state index in [0.717, 1.165) is 58.8 Å². The first-order valence-corrected chi connectivity index (χ1v) is 9.97. The molecule has 144 valence electrons. The summed E-state index contributed by atoms with van der Waals surface area (Å²) >= 11 is 11.7. The van der Waals surface area contributed by atoms with Gasteiger partial charge in [0.25, 0.3) is 0 Å². The molecule has 6 heteroatoms. The summed E-state index contributed by atoms with van der Waals surface area (Å²) in [5.41, 5.74) is 2.05. The predicted octanol–water partition coefficient (Wildman–Crippen LogP) is 4.24. The molecule has 1 aliphatic rings. The number of hydrogen-bond donors (Lipinski definition) is 0. The summed E-state index contributed by atoms with van der Waals surface area (Å²) in [6, 6.07) is 13.6. The van der Waals surface area contributed by atoms with E-state index in [9.17, 15) is 0 Å². The van der Waals surface area contributed by atoms with Crippen LogP contribution in [0.5, 0.6) is 11.5 Å². The number of piperazine rings is 1. The van der Waals surface area contributed by atoms with Crippen LogP contribution in [0, 0.1) is 0 Å². The summed E-state index contributed by atoms with van der Waals surface area (Å²) in [7, 11) is 2.14. The summed E-state index contributed by atoms with van der Waals surface area (Å²) in [5, 5.41) is 0.718. The van der Waals surface area contributed by atoms with Crippen molar-refractivity contribution >= 4 is 28.8 Å². The fourth-order valence-electron chi connectivity index (χ4n) is 2.96. The molecule has 0 aliphatic carbocycles. The molecule has 0 saturated carbocycles. The molecule has 4 nitrogen and oxygen atoms in total. The largest absolute Gasteiger partial charge is 0.490 e. The maximum Gasteiger partial charge on any atom is 0.161 e. The quantitative estimate of drug-likeness (QED) is 0.670. The van der Waals surface area contributed by atoms with Gasteiger partial charge in [-0.05, 0) is 49.9 Å². The van der Waals surface area contributed by atoms with Gasteiger partial charge in [-0.15, -0.1) is 0 Å². The lowest BCUT2D eigenvalue weighted by Gasteiger charge is -2.34. The lowest BCUT2D eigenvalue weighted by atomic mass is 10.1. The summed E-state index contributed by atoms with van der Waals surface area (Å²) in [6.45, 7) is 6.96. The zero-order chi connectivity index (χ0) is 19.2. The molecule has 2 aromatic rings. The van der Waals surface area contributed by atoms with Gasteiger partial charge in [0.15, 0.2) is 11.5 Å². The Morgan fingerprint density at radius 1 is 1.00 bits per heavy atom. The van der Waals surface area contributed by atoms with E-state index in [1.807, 2.05) is 49.4 Å². The van der Waals surface area contributed by atoms with Gasteiger partial charge in [0.1, 0.15) is 11.6 Å². The van der Waals surface area contributed by atoms with E-state index >= 15 is 0 Å². The number of rotatable bonds is 6. The minimum absolute atomic E-state index is 0.458. The second kappa shape index (κ2) is 9.40. The molecular weight excluding hydrogens is 380 g/mol. The number of nitrogens with zero attached hydrogens (tertiary/aromatic N) is 2. The topological polar surface area (TPSA) is 24.9 Å². The van der Waals surface area contributed by atoms with Crippen LogP contribution in [0.2, 0.25) is 5.02 Å². The van der Waals surface area contributed by atoms with Crippen LogP contribution in [0.4, 0.5) is 0 Å². The van der Waals surface area contributed by atoms with Crippen LogP contribution >= 0.6 is 23.8 Å². The van der Waals surface area contributed by atoms with Crippen molar-refractivity contribution in [3.63, 3.8) is 0 Å². The van der Waals surface area contributed by atoms with Gasteiger partial charge in [0, 0.05) is 36.8 Å². The van der Waals surface area contributed by atoms with E-state index in [4.69, 9.17) is 33.3 Å². The minimum Gasteiger partial charge on any atom is -0.490 e. The maximum atomic E-state index is 5.98. The number of thiocarbonyl (C=S) groups is 1. The molecule has 1 aliphatic heterocycles. The molecule has 3 rings (SSSR count). The smallest absolute Gasteiger partial charge is 0.161 e. The molecule has 0 amide bonds. The lowest BCUT2D eigenvalue weighted by Crippen LogP contribution is -2.46. The zero-order valence-electron chi connectivity index (χ0n) is 15.8. The van der Waals surface area contributed by atoms with Gasteiger partial charge in [-0.25, -0.2) is 0 Å². The highest BCUT2D eigenvalue weighted by molar-refractivity contribution is 7.80. The van der Waals surface area contributed by atoms with Crippen LogP contribution in [0.15, 0.2) is 42.5 Å². The molecule has 0 unspecified atom stereocenters. The Labute approximate surface area is 171 Å². The summed E-state index contributed by atoms with van der Waals surface area (Å²) in [5.74, 6) is 1.44. The first-order chi connectivity index (χ1) is 13.1. The molecule has 0 bridgehead atoms. The van der Waals surface area contributed by atoms with E-state index < -0.39 is 0 Å². The summed E-state index contributed by atoms with van der Waals surface area (Å²) < 4.78 is 11.8. The molecular formula is C21H25ClN2O2S. The molecule has 1 fully saturated rings. The second-order valence-electron chi connectivity index (χ2n) is 6.61. The van der Waals surface area contributed by atoms with E-state index in [0.29, 0.717) is 13.2 Å². The molecule has 0 aromatic heterocycles. The predicted molar refractivity (Wildman–Crippen MR) is 114 cm³/mol. The molecule has 1 saturated heterocycles. The number of halogens is 1. The Kier molecular flexibility index (Phi) is 6.94. The van der Waals surface area contributed by atoms with Crippen LogP contribution in [0.1, 0.15) is 18.1 Å². The van der Waals surface area contributed by atoms with Crippen LogP contribution in [-0.2, 0) is 6.61 Å². The Morgan fingerprint density at radius 3 is 2.37 bits per heavy atom. The van der Waals surface area contributed by atoms with Gasteiger partial charge >= 0.3 is 0 Å². The van der Waals surface area contributed by atoms with Gasteiger partial charge in [0.05, 0.1) is 6.61 Å². The van der Waals surface area contributed by atoms with E-state index in [1.165, 1.54) is 0 Å². The van der Waals surface area contributed by atoms with Crippen molar-refractivity contribution in [2.75, 3.05) is 39.8 Å². The van der Waals surface area contributed by atoms with E-state index in [-0.39, 0.29) is 0 Å². The zero-order valence-corrected chi connectivity index (χ0v) is 17.4. The number of ether oxygens (including phenoxy) is 2.